The highest BCUT2D eigenvalue weighted by Gasteiger charge is 2.42. The van der Waals surface area contributed by atoms with E-state index < -0.39 is 136 Å². The molecule has 0 aromatic heterocycles. The van der Waals surface area contributed by atoms with Crippen molar-refractivity contribution in [3.05, 3.63) is 199 Å². The summed E-state index contributed by atoms with van der Waals surface area (Å²) in [4.78, 5) is 108. The van der Waals surface area contributed by atoms with E-state index in [4.69, 9.17) is 54.7 Å². The van der Waals surface area contributed by atoms with Crippen molar-refractivity contribution in [1.29, 1.82) is 0 Å². The molecule has 15 rings (SSSR count). The number of amides is 7. The van der Waals surface area contributed by atoms with Crippen LogP contribution in [0.25, 0.3) is 11.1 Å². The van der Waals surface area contributed by atoms with E-state index in [9.17, 15) is 40.5 Å². The van der Waals surface area contributed by atoms with Crippen LogP contribution >= 0.6 is 34.8 Å². The van der Waals surface area contributed by atoms with Crippen LogP contribution in [0, 0.1) is 0 Å². The number of benzene rings is 8. The van der Waals surface area contributed by atoms with Crippen molar-refractivity contribution in [3.63, 3.8) is 0 Å². The first-order chi connectivity index (χ1) is 47.4. The second-order valence-electron chi connectivity index (χ2n) is 23.8. The Balaban J connectivity index is 0.965. The third-order valence-electron chi connectivity index (χ3n) is 17.3. The Morgan fingerprint density at radius 2 is 1.11 bits per heavy atom. The second-order valence-corrected chi connectivity index (χ2v) is 25.1. The Morgan fingerprint density at radius 3 is 1.80 bits per heavy atom. The Labute approximate surface area is 575 Å². The highest BCUT2D eigenvalue weighted by molar-refractivity contribution is 6.32. The number of carbonyl (C=O) groups is 7. The Bertz CT molecular complexity index is 4710. The molecule has 27 nitrogen and oxygen atoms in total. The van der Waals surface area contributed by atoms with Gasteiger partial charge < -0.3 is 92.5 Å². The number of halogens is 3. The standard InChI is InChI=1S/C69H57Cl3N10O17/c70-37-7-1-30(2-8-37)29-74-82-15-13-81(14-16-82)69(96)59-42-27-39(84)28-48(87)54(42)41-21-33(5-9-46(41)85)56-65(92)80-60(68(95)79-59)61(88)34-6-12-50(44(72)22-34)99-53-25-36-24-52(62(53)89)98-49-11-3-31(17-43(49)71)18-45-63(90)76-57(66(93)78-58(36)67(94)77-56)35-19-38(83)26-40(20-35)97-51-23-32(4-10-47(51)86)55(73)64(91)75-45/h1-12,17,19-29,45,55-61,83-89H,13-16,18,73H2,(H,75,91)(H,76,90)(H,77,94)(H,78,93)(H,79,95)(H,80,92)/t45-,55+,56-,57+,58-,59+,60+,61-/m1/s1. The topological polar surface area (TPSA) is 406 Å². The maximum absolute atomic E-state index is 16.0. The van der Waals surface area contributed by atoms with Crippen LogP contribution in [0.1, 0.15) is 80.8 Å². The van der Waals surface area contributed by atoms with Gasteiger partial charge in [0.25, 0.3) is 0 Å². The number of hydrogen-bond acceptors (Lipinski definition) is 20. The Kier molecular flexibility index (Phi) is 17.9. The Morgan fingerprint density at radius 1 is 0.515 bits per heavy atom. The van der Waals surface area contributed by atoms with Gasteiger partial charge in [-0.3, -0.25) is 38.6 Å². The molecule has 0 saturated carbocycles. The molecule has 1 saturated heterocycles. The van der Waals surface area contributed by atoms with Gasteiger partial charge in [0.2, 0.25) is 47.1 Å². The van der Waals surface area contributed by atoms with Gasteiger partial charge in [-0.05, 0) is 136 Å². The van der Waals surface area contributed by atoms with E-state index in [2.05, 4.69) is 37.0 Å². The molecule has 0 aliphatic carbocycles. The van der Waals surface area contributed by atoms with E-state index in [1.165, 1.54) is 71.6 Å². The van der Waals surface area contributed by atoms with Gasteiger partial charge >= 0.3 is 0 Å². The van der Waals surface area contributed by atoms with Crippen molar-refractivity contribution in [2.45, 2.75) is 54.8 Å². The van der Waals surface area contributed by atoms with Crippen molar-refractivity contribution < 1.29 is 83.5 Å². The smallest absolute Gasteiger partial charge is 0.249 e. The molecule has 0 spiro atoms. The average molecular weight is 1400 g/mol. The summed E-state index contributed by atoms with van der Waals surface area (Å²) >= 11 is 20.0. The molecule has 7 aliphatic heterocycles. The minimum atomic E-state index is -2.17. The van der Waals surface area contributed by atoms with Crippen molar-refractivity contribution in [2.75, 3.05) is 26.2 Å². The number of phenolic OH excluding ortho intramolecular Hbond substituents is 6. The molecule has 30 heteroatoms. The zero-order valence-electron chi connectivity index (χ0n) is 51.3. The van der Waals surface area contributed by atoms with E-state index >= 15 is 28.8 Å². The van der Waals surface area contributed by atoms with Gasteiger partial charge in [0.05, 0.1) is 29.3 Å². The normalized spacial score (nSPS) is 21.6. The number of nitrogens with two attached hydrogens (primary N) is 1. The van der Waals surface area contributed by atoms with Crippen LogP contribution in [0.5, 0.6) is 69.0 Å². The minimum Gasteiger partial charge on any atom is -0.508 e. The van der Waals surface area contributed by atoms with Crippen molar-refractivity contribution in [1.82, 2.24) is 41.8 Å². The molecule has 99 heavy (non-hydrogen) atoms. The zero-order chi connectivity index (χ0) is 69.8. The molecule has 8 aromatic rings. The first kappa shape index (κ1) is 66.1. The number of aromatic hydroxyl groups is 6. The molecule has 506 valence electrons. The quantitative estimate of drug-likeness (QED) is 0.0815. The zero-order valence-corrected chi connectivity index (χ0v) is 53.5. The lowest BCUT2D eigenvalue weighted by molar-refractivity contribution is -0.140. The lowest BCUT2D eigenvalue weighted by Gasteiger charge is -2.36. The summed E-state index contributed by atoms with van der Waals surface area (Å²) in [5.74, 6) is -13.4. The van der Waals surface area contributed by atoms with E-state index in [1.807, 2.05) is 0 Å². The lowest BCUT2D eigenvalue weighted by Crippen LogP contribution is -2.56. The van der Waals surface area contributed by atoms with Crippen LogP contribution in [0.4, 0.5) is 0 Å². The molecule has 15 N–H and O–H groups in total. The summed E-state index contributed by atoms with van der Waals surface area (Å²) in [6, 6.07) is 16.3. The molecule has 17 bridgehead atoms. The fraction of sp³-hybridized carbons (Fsp3) is 0.188. The summed E-state index contributed by atoms with van der Waals surface area (Å²) in [6.45, 7) is 0.387. The molecule has 0 unspecified atom stereocenters. The molecule has 8 aromatic carbocycles. The highest BCUT2D eigenvalue weighted by atomic mass is 35.5. The maximum Gasteiger partial charge on any atom is 0.249 e. The summed E-state index contributed by atoms with van der Waals surface area (Å²) in [7, 11) is 0. The first-order valence-corrected chi connectivity index (χ1v) is 31.7. The monoisotopic (exact) mass is 1400 g/mol. The van der Waals surface area contributed by atoms with Crippen LogP contribution in [0.2, 0.25) is 15.1 Å². The van der Waals surface area contributed by atoms with Crippen LogP contribution in [-0.4, -0.2) is 131 Å². The van der Waals surface area contributed by atoms with Gasteiger partial charge in [-0.25, -0.2) is 0 Å². The summed E-state index contributed by atoms with van der Waals surface area (Å²) in [5, 5.41) is 104. The molecular formula is C69H57Cl3N10O17. The van der Waals surface area contributed by atoms with Crippen molar-refractivity contribution in [3.8, 4) is 80.1 Å². The predicted molar refractivity (Wildman–Crippen MR) is 355 cm³/mol. The molecule has 8 atom stereocenters. The Hall–Kier alpha value is -11.5. The molecular weight excluding hydrogens is 1350 g/mol. The number of phenols is 6. The predicted octanol–water partition coefficient (Wildman–Crippen LogP) is 6.73. The highest BCUT2D eigenvalue weighted by Crippen LogP contribution is 2.48. The van der Waals surface area contributed by atoms with Gasteiger partial charge in [0.15, 0.2) is 23.0 Å². The van der Waals surface area contributed by atoms with Crippen LogP contribution in [0.3, 0.4) is 0 Å². The number of aliphatic hydroxyl groups excluding tert-OH is 1. The number of rotatable bonds is 3. The summed E-state index contributed by atoms with van der Waals surface area (Å²) in [6.07, 6.45) is -0.835. The first-order valence-electron chi connectivity index (χ1n) is 30.5. The number of hydrogen-bond donors (Lipinski definition) is 14. The van der Waals surface area contributed by atoms with Crippen molar-refractivity contribution >= 4 is 82.4 Å². The number of carbonyl (C=O) groups excluding carboxylic acids is 7. The number of ether oxygens (including phenoxy) is 3. The fourth-order valence-electron chi connectivity index (χ4n) is 12.1. The number of piperazine rings is 1. The van der Waals surface area contributed by atoms with Gasteiger partial charge in [0.1, 0.15) is 88.6 Å². The number of nitrogens with zero attached hydrogens (tertiary/aromatic N) is 3. The largest absolute Gasteiger partial charge is 0.508 e. The summed E-state index contributed by atoms with van der Waals surface area (Å²) in [5.41, 5.74) is 5.75. The van der Waals surface area contributed by atoms with E-state index in [-0.39, 0.29) is 110 Å². The maximum atomic E-state index is 16.0. The van der Waals surface area contributed by atoms with Gasteiger partial charge in [-0.1, -0.05) is 71.2 Å². The number of aliphatic hydroxyl groups is 1. The molecule has 7 heterocycles. The molecule has 7 aliphatic rings. The SMILES string of the molecule is N[C@@H]1C(=O)N[C@@H]2Cc3ccc(c(Cl)c3)Oc3cc4cc(c3O)Oc3ccc(cc3Cl)[C@@H](O)[C@@H]3NC(=O)[C@H](NC(=O)[C@@H]4NC(=O)[C@@H](NC2=O)c2cc(O)cc(c2)Oc2cc1ccc2O)c1ccc(O)c(c1)-c1c(O)cc(O)cc1[C@@H](C(=O)N1CCN(N=Cc2ccc(Cl)cc2)CC1)NC3=O. The molecule has 7 amide bonds. The van der Waals surface area contributed by atoms with E-state index in [0.29, 0.717) is 10.6 Å². The number of fused-ring (bicyclic) bond motifs is 14. The fourth-order valence-corrected chi connectivity index (χ4v) is 12.7. The minimum absolute atomic E-state index is 0.0125. The van der Waals surface area contributed by atoms with Crippen LogP contribution in [-0.2, 0) is 40.0 Å². The van der Waals surface area contributed by atoms with Crippen LogP contribution < -0.4 is 51.8 Å². The van der Waals surface area contributed by atoms with Crippen molar-refractivity contribution in [2.24, 2.45) is 10.8 Å². The van der Waals surface area contributed by atoms with Crippen LogP contribution in [0.15, 0.2) is 145 Å². The van der Waals surface area contributed by atoms with Gasteiger partial charge in [-0.2, -0.15) is 5.10 Å². The second kappa shape index (κ2) is 26.8. The lowest BCUT2D eigenvalue weighted by atomic mass is 9.89. The van der Waals surface area contributed by atoms with E-state index in [1.54, 1.807) is 35.5 Å². The number of hydrazone groups is 1. The third-order valence-corrected chi connectivity index (χ3v) is 18.1. The average Bonchev–Trinajstić information content (AvgIpc) is 0.765. The molecule has 0 radical (unpaired) electrons. The van der Waals surface area contributed by atoms with E-state index in [0.717, 1.165) is 54.1 Å². The third kappa shape index (κ3) is 13.6. The molecule has 1 fully saturated rings. The number of nitrogens with one attached hydrogen (secondary N) is 6. The summed E-state index contributed by atoms with van der Waals surface area (Å²) < 4.78 is 18.6. The van der Waals surface area contributed by atoms with Gasteiger partial charge in [0, 0.05) is 47.8 Å². The van der Waals surface area contributed by atoms with Gasteiger partial charge in [-0.15, -0.1) is 0 Å².